The van der Waals surface area contributed by atoms with Crippen LogP contribution in [0.15, 0.2) is 12.2 Å². The molecule has 0 atom stereocenters. The molecule has 1 saturated heterocycles. The van der Waals surface area contributed by atoms with Crippen molar-refractivity contribution in [1.29, 1.82) is 0 Å². The summed E-state index contributed by atoms with van der Waals surface area (Å²) in [6.45, 7) is -0.0485. The Balaban J connectivity index is 1.82. The molecule has 0 aromatic rings. The molecular formula is C11H11N3O5. The van der Waals surface area contributed by atoms with Gasteiger partial charge >= 0.3 is 0 Å². The highest BCUT2D eigenvalue weighted by Crippen LogP contribution is 2.11. The van der Waals surface area contributed by atoms with E-state index in [0.29, 0.717) is 5.01 Å². The van der Waals surface area contributed by atoms with Crippen LogP contribution in [0.2, 0.25) is 0 Å². The zero-order valence-corrected chi connectivity index (χ0v) is 9.92. The maximum absolute atomic E-state index is 11.5. The summed E-state index contributed by atoms with van der Waals surface area (Å²) in [5, 5.41) is 0.579. The van der Waals surface area contributed by atoms with Gasteiger partial charge < -0.3 is 0 Å². The zero-order valence-electron chi connectivity index (χ0n) is 9.92. The van der Waals surface area contributed by atoms with Crippen molar-refractivity contribution in [2.45, 2.75) is 19.3 Å². The minimum atomic E-state index is -0.633. The lowest BCUT2D eigenvalue weighted by molar-refractivity contribution is -0.147. The van der Waals surface area contributed by atoms with E-state index in [1.807, 2.05) is 0 Å². The van der Waals surface area contributed by atoms with Crippen LogP contribution >= 0.6 is 0 Å². The van der Waals surface area contributed by atoms with Crippen molar-refractivity contribution in [3.8, 4) is 0 Å². The number of hydrazine groups is 1. The van der Waals surface area contributed by atoms with Crippen molar-refractivity contribution < 1.29 is 24.0 Å². The highest BCUT2D eigenvalue weighted by atomic mass is 16.2. The fourth-order valence-corrected chi connectivity index (χ4v) is 1.78. The van der Waals surface area contributed by atoms with E-state index in [0.717, 1.165) is 17.1 Å². The first-order valence-corrected chi connectivity index (χ1v) is 5.68. The fraction of sp³-hybridized carbons (Fsp3) is 0.364. The van der Waals surface area contributed by atoms with Crippen LogP contribution in [-0.2, 0) is 24.0 Å². The zero-order chi connectivity index (χ0) is 14.0. The third-order valence-corrected chi connectivity index (χ3v) is 2.76. The van der Waals surface area contributed by atoms with Crippen molar-refractivity contribution in [3.05, 3.63) is 12.2 Å². The molecule has 0 radical (unpaired) electrons. The van der Waals surface area contributed by atoms with Gasteiger partial charge in [0.25, 0.3) is 11.8 Å². The summed E-state index contributed by atoms with van der Waals surface area (Å²) in [7, 11) is 0. The molecule has 8 heteroatoms. The summed E-state index contributed by atoms with van der Waals surface area (Å²) in [6, 6.07) is 0. The number of amides is 5. The van der Waals surface area contributed by atoms with Crippen LogP contribution < -0.4 is 5.43 Å². The van der Waals surface area contributed by atoms with Gasteiger partial charge in [0.2, 0.25) is 17.7 Å². The van der Waals surface area contributed by atoms with Crippen LogP contribution in [-0.4, -0.2) is 46.0 Å². The second-order valence-corrected chi connectivity index (χ2v) is 4.07. The first kappa shape index (κ1) is 12.9. The molecular weight excluding hydrogens is 254 g/mol. The smallest absolute Gasteiger partial charge is 0.272 e. The largest absolute Gasteiger partial charge is 0.282 e. The maximum Gasteiger partial charge on any atom is 0.272 e. The number of hydrogen-bond donors (Lipinski definition) is 1. The van der Waals surface area contributed by atoms with Gasteiger partial charge in [-0.1, -0.05) is 0 Å². The molecule has 0 spiro atoms. The van der Waals surface area contributed by atoms with Gasteiger partial charge in [0.1, 0.15) is 0 Å². The Morgan fingerprint density at radius 3 is 2.11 bits per heavy atom. The lowest BCUT2D eigenvalue weighted by atomic mass is 10.4. The standard InChI is InChI=1S/C11H11N3O5/c15-7(12-14-10(18)3-4-11(14)19)5-6-13-8(16)1-2-9(13)17/h3-4H,1-2,5-6H2,(H,12,15). The van der Waals surface area contributed by atoms with E-state index in [4.69, 9.17) is 0 Å². The topological polar surface area (TPSA) is 104 Å². The number of likely N-dealkylation sites (tertiary alicyclic amines) is 1. The Labute approximate surface area is 108 Å². The van der Waals surface area contributed by atoms with Gasteiger partial charge in [0.15, 0.2) is 0 Å². The number of hydrogen-bond acceptors (Lipinski definition) is 5. The Hall–Kier alpha value is -2.51. The van der Waals surface area contributed by atoms with E-state index >= 15 is 0 Å². The van der Waals surface area contributed by atoms with Crippen LogP contribution in [0.25, 0.3) is 0 Å². The van der Waals surface area contributed by atoms with E-state index in [1.165, 1.54) is 0 Å². The minimum Gasteiger partial charge on any atom is -0.282 e. The molecule has 2 aliphatic rings. The van der Waals surface area contributed by atoms with Crippen molar-refractivity contribution in [2.24, 2.45) is 0 Å². The first-order valence-electron chi connectivity index (χ1n) is 5.68. The second kappa shape index (κ2) is 5.01. The van der Waals surface area contributed by atoms with Crippen LogP contribution in [0.5, 0.6) is 0 Å². The molecule has 8 nitrogen and oxygen atoms in total. The summed E-state index contributed by atoms with van der Waals surface area (Å²) >= 11 is 0. The Bertz CT molecular complexity index is 476. The molecule has 0 aromatic carbocycles. The Kier molecular flexibility index (Phi) is 3.41. The molecule has 100 valence electrons. The van der Waals surface area contributed by atoms with Crippen LogP contribution in [0.4, 0.5) is 0 Å². The van der Waals surface area contributed by atoms with Gasteiger partial charge in [-0.05, 0) is 0 Å². The summed E-state index contributed by atoms with van der Waals surface area (Å²) < 4.78 is 0. The first-order chi connectivity index (χ1) is 8.99. The van der Waals surface area contributed by atoms with E-state index in [-0.39, 0.29) is 37.6 Å². The molecule has 0 aromatic heterocycles. The second-order valence-electron chi connectivity index (χ2n) is 4.07. The number of nitrogens with zero attached hydrogens (tertiary/aromatic N) is 2. The van der Waals surface area contributed by atoms with E-state index in [1.54, 1.807) is 0 Å². The molecule has 2 heterocycles. The molecule has 2 rings (SSSR count). The SMILES string of the molecule is O=C(CCN1C(=O)CCC1=O)NN1C(=O)C=CC1=O. The third-order valence-electron chi connectivity index (χ3n) is 2.76. The number of carbonyl (C=O) groups is 5. The minimum absolute atomic E-state index is 0.0485. The van der Waals surface area contributed by atoms with Crippen molar-refractivity contribution in [2.75, 3.05) is 6.54 Å². The monoisotopic (exact) mass is 265 g/mol. The normalized spacial score (nSPS) is 18.7. The quantitative estimate of drug-likeness (QED) is 0.622. The average molecular weight is 265 g/mol. The predicted molar refractivity (Wildman–Crippen MR) is 59.7 cm³/mol. The van der Waals surface area contributed by atoms with Gasteiger partial charge in [-0.3, -0.25) is 34.3 Å². The molecule has 2 aliphatic heterocycles. The van der Waals surface area contributed by atoms with Gasteiger partial charge in [0, 0.05) is 38.0 Å². The van der Waals surface area contributed by atoms with Gasteiger partial charge in [0.05, 0.1) is 0 Å². The van der Waals surface area contributed by atoms with Crippen LogP contribution in [0.3, 0.4) is 0 Å². The van der Waals surface area contributed by atoms with E-state index in [2.05, 4.69) is 5.43 Å². The van der Waals surface area contributed by atoms with Gasteiger partial charge in [-0.15, -0.1) is 0 Å². The molecule has 0 bridgehead atoms. The molecule has 1 N–H and O–H groups in total. The van der Waals surface area contributed by atoms with E-state index < -0.39 is 17.7 Å². The Morgan fingerprint density at radius 2 is 1.58 bits per heavy atom. The molecule has 0 unspecified atom stereocenters. The van der Waals surface area contributed by atoms with Crippen LogP contribution in [0, 0.1) is 0 Å². The number of carbonyl (C=O) groups excluding carboxylic acids is 5. The number of nitrogens with one attached hydrogen (secondary N) is 1. The summed E-state index contributed by atoms with van der Waals surface area (Å²) in [6.07, 6.45) is 2.24. The highest BCUT2D eigenvalue weighted by molar-refractivity contribution is 6.13. The van der Waals surface area contributed by atoms with E-state index in [9.17, 15) is 24.0 Å². The molecule has 5 amide bonds. The molecule has 0 aliphatic carbocycles. The molecule has 19 heavy (non-hydrogen) atoms. The highest BCUT2D eigenvalue weighted by Gasteiger charge is 2.30. The van der Waals surface area contributed by atoms with Crippen molar-refractivity contribution >= 4 is 29.5 Å². The molecule has 1 fully saturated rings. The predicted octanol–water partition coefficient (Wildman–Crippen LogP) is -1.52. The molecule has 0 saturated carbocycles. The van der Waals surface area contributed by atoms with Gasteiger partial charge in [-0.25, -0.2) is 0 Å². The fourth-order valence-electron chi connectivity index (χ4n) is 1.78. The van der Waals surface area contributed by atoms with Crippen LogP contribution in [0.1, 0.15) is 19.3 Å². The van der Waals surface area contributed by atoms with Crippen molar-refractivity contribution in [1.82, 2.24) is 15.3 Å². The lowest BCUT2D eigenvalue weighted by Gasteiger charge is -2.17. The third kappa shape index (κ3) is 2.67. The summed E-state index contributed by atoms with van der Waals surface area (Å²) in [5.74, 6) is -2.50. The summed E-state index contributed by atoms with van der Waals surface area (Å²) in [5.41, 5.74) is 2.12. The summed E-state index contributed by atoms with van der Waals surface area (Å²) in [4.78, 5) is 57.5. The van der Waals surface area contributed by atoms with Gasteiger partial charge in [-0.2, -0.15) is 5.01 Å². The number of rotatable bonds is 4. The maximum atomic E-state index is 11.5. The number of imide groups is 2. The lowest BCUT2D eigenvalue weighted by Crippen LogP contribution is -2.47. The average Bonchev–Trinajstić information content (AvgIpc) is 2.84. The van der Waals surface area contributed by atoms with Crippen molar-refractivity contribution in [3.63, 3.8) is 0 Å². The Morgan fingerprint density at radius 1 is 1.05 bits per heavy atom.